The molecular formula is C9H16O2S. The Morgan fingerprint density at radius 1 is 1.67 bits per heavy atom. The van der Waals surface area contributed by atoms with Gasteiger partial charge in [0.15, 0.2) is 0 Å². The molecule has 1 saturated heterocycles. The van der Waals surface area contributed by atoms with Crippen LogP contribution in [0.2, 0.25) is 0 Å². The number of ketones is 1. The molecule has 1 rings (SSSR count). The van der Waals surface area contributed by atoms with Crippen LogP contribution >= 0.6 is 11.8 Å². The number of carbonyl (C=O) groups is 1. The van der Waals surface area contributed by atoms with Gasteiger partial charge in [0.2, 0.25) is 0 Å². The number of ether oxygens (including phenoxy) is 1. The lowest BCUT2D eigenvalue weighted by atomic mass is 9.96. The molecule has 0 spiro atoms. The molecule has 0 aliphatic carbocycles. The topological polar surface area (TPSA) is 26.3 Å². The highest BCUT2D eigenvalue weighted by Crippen LogP contribution is 2.24. The summed E-state index contributed by atoms with van der Waals surface area (Å²) in [6, 6.07) is 0. The molecule has 1 heterocycles. The van der Waals surface area contributed by atoms with Crippen molar-refractivity contribution in [2.75, 3.05) is 18.6 Å². The number of carbonyl (C=O) groups excluding carboxylic acids is 1. The van der Waals surface area contributed by atoms with Crippen LogP contribution in [0.4, 0.5) is 0 Å². The van der Waals surface area contributed by atoms with Gasteiger partial charge in [-0.25, -0.2) is 0 Å². The van der Waals surface area contributed by atoms with Crippen molar-refractivity contribution in [3.8, 4) is 0 Å². The van der Waals surface area contributed by atoms with Gasteiger partial charge in [0.1, 0.15) is 5.78 Å². The Labute approximate surface area is 78.1 Å². The van der Waals surface area contributed by atoms with Crippen LogP contribution in [0.25, 0.3) is 0 Å². The van der Waals surface area contributed by atoms with Crippen molar-refractivity contribution in [1.82, 2.24) is 0 Å². The molecular weight excluding hydrogens is 172 g/mol. The van der Waals surface area contributed by atoms with Crippen LogP contribution in [0.5, 0.6) is 0 Å². The van der Waals surface area contributed by atoms with Crippen LogP contribution in [-0.4, -0.2) is 30.5 Å². The highest BCUT2D eigenvalue weighted by molar-refractivity contribution is 7.99. The largest absolute Gasteiger partial charge is 0.377 e. The van der Waals surface area contributed by atoms with Gasteiger partial charge in [-0.1, -0.05) is 6.92 Å². The third-order valence-corrected chi connectivity index (χ3v) is 2.89. The molecule has 70 valence electrons. The van der Waals surface area contributed by atoms with E-state index in [-0.39, 0.29) is 12.0 Å². The molecule has 0 radical (unpaired) electrons. The fraction of sp³-hybridized carbons (Fsp3) is 0.889. The van der Waals surface area contributed by atoms with Gasteiger partial charge in [-0.05, 0) is 19.1 Å². The van der Waals surface area contributed by atoms with Crippen LogP contribution in [-0.2, 0) is 9.53 Å². The van der Waals surface area contributed by atoms with Gasteiger partial charge in [-0.2, -0.15) is 11.8 Å². The summed E-state index contributed by atoms with van der Waals surface area (Å²) in [5, 5.41) is 0. The summed E-state index contributed by atoms with van der Waals surface area (Å²) < 4.78 is 5.45. The SMILES string of the molecule is CCC1OCCC1C(=O)CSC. The zero-order valence-electron chi connectivity index (χ0n) is 7.71. The molecule has 0 amide bonds. The summed E-state index contributed by atoms with van der Waals surface area (Å²) in [5.74, 6) is 1.19. The second-order valence-electron chi connectivity index (χ2n) is 3.11. The highest BCUT2D eigenvalue weighted by atomic mass is 32.2. The molecule has 1 aliphatic heterocycles. The first-order valence-corrected chi connectivity index (χ1v) is 5.82. The van der Waals surface area contributed by atoms with Crippen molar-refractivity contribution >= 4 is 17.5 Å². The summed E-state index contributed by atoms with van der Waals surface area (Å²) in [6.07, 6.45) is 4.06. The lowest BCUT2D eigenvalue weighted by molar-refractivity contribution is -0.121. The molecule has 0 aromatic heterocycles. The summed E-state index contributed by atoms with van der Waals surface area (Å²) in [7, 11) is 0. The van der Waals surface area contributed by atoms with E-state index in [1.54, 1.807) is 11.8 Å². The van der Waals surface area contributed by atoms with Gasteiger partial charge in [-0.3, -0.25) is 4.79 Å². The maximum Gasteiger partial charge on any atom is 0.148 e. The molecule has 0 aromatic rings. The summed E-state index contributed by atoms with van der Waals surface area (Å²) >= 11 is 1.60. The van der Waals surface area contributed by atoms with Crippen molar-refractivity contribution < 1.29 is 9.53 Å². The average molecular weight is 188 g/mol. The smallest absolute Gasteiger partial charge is 0.148 e. The Morgan fingerprint density at radius 2 is 2.42 bits per heavy atom. The van der Waals surface area contributed by atoms with Crippen molar-refractivity contribution in [2.45, 2.75) is 25.9 Å². The molecule has 2 nitrogen and oxygen atoms in total. The van der Waals surface area contributed by atoms with Gasteiger partial charge in [0, 0.05) is 12.5 Å². The van der Waals surface area contributed by atoms with E-state index in [1.807, 2.05) is 6.26 Å². The zero-order valence-corrected chi connectivity index (χ0v) is 8.52. The Hall–Kier alpha value is -0.0200. The van der Waals surface area contributed by atoms with Crippen molar-refractivity contribution in [3.63, 3.8) is 0 Å². The van der Waals surface area contributed by atoms with E-state index in [0.29, 0.717) is 11.5 Å². The zero-order chi connectivity index (χ0) is 8.97. The maximum atomic E-state index is 11.5. The molecule has 3 heteroatoms. The Balaban J connectivity index is 2.43. The van der Waals surface area contributed by atoms with Crippen LogP contribution in [0, 0.1) is 5.92 Å². The minimum absolute atomic E-state index is 0.183. The number of Topliss-reactive ketones (excluding diaryl/α,β-unsaturated/α-hetero) is 1. The Bertz CT molecular complexity index is 159. The van der Waals surface area contributed by atoms with Crippen molar-refractivity contribution in [1.29, 1.82) is 0 Å². The number of hydrogen-bond donors (Lipinski definition) is 0. The predicted molar refractivity (Wildman–Crippen MR) is 51.5 cm³/mol. The lowest BCUT2D eigenvalue weighted by Gasteiger charge is -2.14. The van der Waals surface area contributed by atoms with Crippen LogP contribution in [0.15, 0.2) is 0 Å². The maximum absolute atomic E-state index is 11.5. The minimum Gasteiger partial charge on any atom is -0.377 e. The van der Waals surface area contributed by atoms with E-state index in [4.69, 9.17) is 4.74 Å². The van der Waals surface area contributed by atoms with E-state index in [2.05, 4.69) is 6.92 Å². The third kappa shape index (κ3) is 2.23. The Kier molecular flexibility index (Phi) is 4.09. The van der Waals surface area contributed by atoms with Crippen molar-refractivity contribution in [3.05, 3.63) is 0 Å². The molecule has 0 aromatic carbocycles. The first kappa shape index (κ1) is 10.1. The van der Waals surface area contributed by atoms with E-state index in [1.165, 1.54) is 0 Å². The normalized spacial score (nSPS) is 29.2. The van der Waals surface area contributed by atoms with Gasteiger partial charge in [0.05, 0.1) is 11.9 Å². The van der Waals surface area contributed by atoms with Crippen LogP contribution < -0.4 is 0 Å². The van der Waals surface area contributed by atoms with Gasteiger partial charge < -0.3 is 4.74 Å². The molecule has 0 N–H and O–H groups in total. The highest BCUT2D eigenvalue weighted by Gasteiger charge is 2.31. The van der Waals surface area contributed by atoms with E-state index < -0.39 is 0 Å². The quantitative estimate of drug-likeness (QED) is 0.672. The van der Waals surface area contributed by atoms with Crippen LogP contribution in [0.1, 0.15) is 19.8 Å². The summed E-state index contributed by atoms with van der Waals surface area (Å²) in [4.78, 5) is 11.5. The van der Waals surface area contributed by atoms with E-state index >= 15 is 0 Å². The standard InChI is InChI=1S/C9H16O2S/c1-3-9-7(4-5-11-9)8(10)6-12-2/h7,9H,3-6H2,1-2H3. The van der Waals surface area contributed by atoms with Gasteiger partial charge in [-0.15, -0.1) is 0 Å². The summed E-state index contributed by atoms with van der Waals surface area (Å²) in [6.45, 7) is 2.85. The number of rotatable bonds is 4. The second-order valence-corrected chi connectivity index (χ2v) is 3.98. The van der Waals surface area contributed by atoms with Gasteiger partial charge >= 0.3 is 0 Å². The molecule has 0 saturated carbocycles. The number of thioether (sulfide) groups is 1. The molecule has 1 fully saturated rings. The Morgan fingerprint density at radius 3 is 3.00 bits per heavy atom. The molecule has 2 atom stereocenters. The third-order valence-electron chi connectivity index (χ3n) is 2.31. The molecule has 12 heavy (non-hydrogen) atoms. The molecule has 2 unspecified atom stereocenters. The summed E-state index contributed by atoms with van der Waals surface area (Å²) in [5.41, 5.74) is 0. The minimum atomic E-state index is 0.183. The average Bonchev–Trinajstić information content (AvgIpc) is 2.51. The number of hydrogen-bond acceptors (Lipinski definition) is 3. The van der Waals surface area contributed by atoms with Crippen molar-refractivity contribution in [2.24, 2.45) is 5.92 Å². The van der Waals surface area contributed by atoms with E-state index in [0.717, 1.165) is 19.4 Å². The van der Waals surface area contributed by atoms with Crippen LogP contribution in [0.3, 0.4) is 0 Å². The fourth-order valence-electron chi connectivity index (χ4n) is 1.67. The molecule has 0 bridgehead atoms. The predicted octanol–water partition coefficient (Wildman–Crippen LogP) is 1.73. The lowest BCUT2D eigenvalue weighted by Crippen LogP contribution is -2.25. The first-order valence-electron chi connectivity index (χ1n) is 4.42. The monoisotopic (exact) mass is 188 g/mol. The first-order chi connectivity index (χ1) is 5.79. The van der Waals surface area contributed by atoms with Gasteiger partial charge in [0.25, 0.3) is 0 Å². The van der Waals surface area contributed by atoms with E-state index in [9.17, 15) is 4.79 Å². The fourth-order valence-corrected chi connectivity index (χ4v) is 2.17. The molecule has 1 aliphatic rings. The second kappa shape index (κ2) is 4.87.